The summed E-state index contributed by atoms with van der Waals surface area (Å²) < 4.78 is 33.8. The van der Waals surface area contributed by atoms with Gasteiger partial charge in [0.15, 0.2) is 29.6 Å². The zero-order chi connectivity index (χ0) is 16.6. The van der Waals surface area contributed by atoms with Crippen molar-refractivity contribution in [2.24, 2.45) is 0 Å². The van der Waals surface area contributed by atoms with Crippen LogP contribution in [0.2, 0.25) is 0 Å². The van der Waals surface area contributed by atoms with Crippen LogP contribution in [0.5, 0.6) is 0 Å². The van der Waals surface area contributed by atoms with Crippen LogP contribution < -0.4 is 11.0 Å². The van der Waals surface area contributed by atoms with E-state index in [2.05, 4.69) is 15.3 Å². The molecule has 1 aromatic carbocycles. The Morgan fingerprint density at radius 3 is 2.74 bits per heavy atom. The lowest BCUT2D eigenvalue weighted by Crippen LogP contribution is -2.23. The molecule has 118 valence electrons. The topological polar surface area (TPSA) is 73.0 Å². The molecule has 8 heteroatoms. The zero-order valence-electron chi connectivity index (χ0n) is 12.3. The van der Waals surface area contributed by atoms with Crippen LogP contribution in [0.3, 0.4) is 0 Å². The van der Waals surface area contributed by atoms with Crippen LogP contribution in [0.25, 0.3) is 17.1 Å². The van der Waals surface area contributed by atoms with Gasteiger partial charge in [0.2, 0.25) is 0 Å². The molecule has 23 heavy (non-hydrogen) atoms. The van der Waals surface area contributed by atoms with Crippen molar-refractivity contribution in [2.45, 2.75) is 6.92 Å². The quantitative estimate of drug-likeness (QED) is 0.803. The van der Waals surface area contributed by atoms with E-state index < -0.39 is 17.3 Å². The van der Waals surface area contributed by atoms with Crippen molar-refractivity contribution >= 4 is 5.82 Å². The Labute approximate surface area is 129 Å². The van der Waals surface area contributed by atoms with Crippen molar-refractivity contribution in [3.8, 4) is 17.1 Å². The van der Waals surface area contributed by atoms with Crippen molar-refractivity contribution in [1.29, 1.82) is 0 Å². The fraction of sp³-hybridized carbons (Fsp3) is 0.133. The molecule has 0 fully saturated rings. The minimum Gasteiger partial charge on any atom is -0.441 e. The molecule has 0 aliphatic rings. The number of halogens is 2. The third-order valence-corrected chi connectivity index (χ3v) is 3.33. The maximum atomic E-state index is 13.9. The molecule has 1 N–H and O–H groups in total. The van der Waals surface area contributed by atoms with Gasteiger partial charge in [-0.3, -0.25) is 0 Å². The summed E-state index contributed by atoms with van der Waals surface area (Å²) >= 11 is 0. The van der Waals surface area contributed by atoms with E-state index in [4.69, 9.17) is 4.42 Å². The van der Waals surface area contributed by atoms with Crippen molar-refractivity contribution in [3.63, 3.8) is 0 Å². The monoisotopic (exact) mass is 318 g/mol. The lowest BCUT2D eigenvalue weighted by Gasteiger charge is -2.07. The number of nitrogens with zero attached hydrogens (tertiary/aromatic N) is 3. The third kappa shape index (κ3) is 2.59. The van der Waals surface area contributed by atoms with Gasteiger partial charge in [-0.15, -0.1) is 0 Å². The number of oxazole rings is 1. The Bertz CT molecular complexity index is 933. The first-order valence-corrected chi connectivity index (χ1v) is 6.68. The van der Waals surface area contributed by atoms with Crippen LogP contribution in [0.4, 0.5) is 14.6 Å². The van der Waals surface area contributed by atoms with Crippen LogP contribution in [0, 0.1) is 18.6 Å². The highest BCUT2D eigenvalue weighted by Crippen LogP contribution is 2.27. The highest BCUT2D eigenvalue weighted by Gasteiger charge is 2.17. The number of aryl methyl sites for hydroxylation is 1. The molecule has 0 unspecified atom stereocenters. The second-order valence-corrected chi connectivity index (χ2v) is 4.81. The lowest BCUT2D eigenvalue weighted by molar-refractivity contribution is 0.568. The molecular weight excluding hydrogens is 306 g/mol. The third-order valence-electron chi connectivity index (χ3n) is 3.33. The van der Waals surface area contributed by atoms with Crippen LogP contribution >= 0.6 is 0 Å². The Balaban J connectivity index is 2.17. The fourth-order valence-electron chi connectivity index (χ4n) is 2.10. The van der Waals surface area contributed by atoms with Crippen LogP contribution in [0.15, 0.2) is 40.0 Å². The van der Waals surface area contributed by atoms with E-state index >= 15 is 0 Å². The number of aromatic nitrogens is 3. The average molecular weight is 318 g/mol. The van der Waals surface area contributed by atoms with Gasteiger partial charge in [-0.1, -0.05) is 12.1 Å². The van der Waals surface area contributed by atoms with Crippen molar-refractivity contribution in [1.82, 2.24) is 14.5 Å². The number of hydrogen-bond donors (Lipinski definition) is 1. The minimum absolute atomic E-state index is 0.0345. The van der Waals surface area contributed by atoms with Crippen LogP contribution in [-0.4, -0.2) is 21.6 Å². The molecule has 2 aromatic heterocycles. The molecule has 0 aliphatic heterocycles. The zero-order valence-corrected chi connectivity index (χ0v) is 12.3. The molecule has 0 radical (unpaired) electrons. The largest absolute Gasteiger partial charge is 0.441 e. The van der Waals surface area contributed by atoms with Gasteiger partial charge in [0.05, 0.1) is 6.20 Å². The SMILES string of the molecule is CNc1nc(=O)n(-c2ncoc2-c2ccc(C)c(F)c2)cc1F. The van der Waals surface area contributed by atoms with E-state index in [1.807, 2.05) is 0 Å². The van der Waals surface area contributed by atoms with E-state index in [1.165, 1.54) is 13.1 Å². The molecule has 0 atom stereocenters. The number of rotatable bonds is 3. The summed E-state index contributed by atoms with van der Waals surface area (Å²) in [4.78, 5) is 19.5. The van der Waals surface area contributed by atoms with E-state index in [0.717, 1.165) is 17.2 Å². The first kappa shape index (κ1) is 14.9. The van der Waals surface area contributed by atoms with Crippen molar-refractivity contribution in [3.05, 3.63) is 58.5 Å². The number of hydrogen-bond acceptors (Lipinski definition) is 5. The van der Waals surface area contributed by atoms with E-state index in [-0.39, 0.29) is 17.4 Å². The molecule has 3 rings (SSSR count). The van der Waals surface area contributed by atoms with Gasteiger partial charge in [0, 0.05) is 12.6 Å². The maximum Gasteiger partial charge on any atom is 0.355 e. The molecule has 0 saturated heterocycles. The van der Waals surface area contributed by atoms with Gasteiger partial charge in [0.25, 0.3) is 0 Å². The molecule has 0 saturated carbocycles. The second kappa shape index (κ2) is 5.64. The molecule has 0 spiro atoms. The first-order valence-electron chi connectivity index (χ1n) is 6.68. The lowest BCUT2D eigenvalue weighted by atomic mass is 10.1. The summed E-state index contributed by atoms with van der Waals surface area (Å²) in [7, 11) is 1.45. The maximum absolute atomic E-state index is 13.9. The van der Waals surface area contributed by atoms with Crippen LogP contribution in [0.1, 0.15) is 5.56 Å². The van der Waals surface area contributed by atoms with Gasteiger partial charge in [0.1, 0.15) is 5.82 Å². The van der Waals surface area contributed by atoms with E-state index in [9.17, 15) is 13.6 Å². The normalized spacial score (nSPS) is 10.8. The molecular formula is C15H12F2N4O2. The predicted octanol–water partition coefficient (Wildman–Crippen LogP) is 2.52. The Morgan fingerprint density at radius 2 is 2.04 bits per heavy atom. The summed E-state index contributed by atoms with van der Waals surface area (Å²) in [5.74, 6) is -1.14. The summed E-state index contributed by atoms with van der Waals surface area (Å²) in [6.45, 7) is 1.63. The highest BCUT2D eigenvalue weighted by molar-refractivity contribution is 5.65. The van der Waals surface area contributed by atoms with Gasteiger partial charge in [-0.2, -0.15) is 9.97 Å². The van der Waals surface area contributed by atoms with E-state index in [0.29, 0.717) is 11.1 Å². The minimum atomic E-state index is -0.738. The highest BCUT2D eigenvalue weighted by atomic mass is 19.1. The number of anilines is 1. The summed E-state index contributed by atoms with van der Waals surface area (Å²) in [5, 5.41) is 2.48. The van der Waals surface area contributed by atoms with Gasteiger partial charge in [-0.25, -0.2) is 18.1 Å². The van der Waals surface area contributed by atoms with E-state index in [1.54, 1.807) is 19.1 Å². The number of benzene rings is 1. The van der Waals surface area contributed by atoms with Gasteiger partial charge >= 0.3 is 5.69 Å². The van der Waals surface area contributed by atoms with Crippen LogP contribution in [-0.2, 0) is 0 Å². The smallest absolute Gasteiger partial charge is 0.355 e. The Morgan fingerprint density at radius 1 is 1.26 bits per heavy atom. The standard InChI is InChI=1S/C15H12F2N4O2/c1-8-3-4-9(5-10(8)16)12-14(19-7-23-12)21-6-11(17)13(18-2)20-15(21)22/h3-7H,1-2H3,(H,18,20,22). The molecule has 6 nitrogen and oxygen atoms in total. The Kier molecular flexibility index (Phi) is 3.65. The number of nitrogens with one attached hydrogen (secondary N) is 1. The molecule has 0 aliphatic carbocycles. The molecule has 2 heterocycles. The second-order valence-electron chi connectivity index (χ2n) is 4.81. The summed E-state index contributed by atoms with van der Waals surface area (Å²) in [5.41, 5.74) is 0.113. The Hall–Kier alpha value is -3.03. The molecule has 0 bridgehead atoms. The molecule has 0 amide bonds. The van der Waals surface area contributed by atoms with Gasteiger partial charge in [-0.05, 0) is 18.6 Å². The summed E-state index contributed by atoms with van der Waals surface area (Å²) in [6, 6.07) is 4.46. The predicted molar refractivity (Wildman–Crippen MR) is 79.5 cm³/mol. The average Bonchev–Trinajstić information content (AvgIpc) is 3.01. The summed E-state index contributed by atoms with van der Waals surface area (Å²) in [6.07, 6.45) is 2.05. The van der Waals surface area contributed by atoms with Crippen molar-refractivity contribution < 1.29 is 13.2 Å². The van der Waals surface area contributed by atoms with Gasteiger partial charge < -0.3 is 9.73 Å². The fourth-order valence-corrected chi connectivity index (χ4v) is 2.10. The molecule has 3 aromatic rings. The first-order chi connectivity index (χ1) is 11.0. The van der Waals surface area contributed by atoms with Crippen molar-refractivity contribution in [2.75, 3.05) is 12.4 Å².